The summed E-state index contributed by atoms with van der Waals surface area (Å²) in [6.07, 6.45) is 0. The summed E-state index contributed by atoms with van der Waals surface area (Å²) in [6.45, 7) is 2.04. The molecule has 1 N–H and O–H groups in total. The Balaban J connectivity index is 1.82. The average Bonchev–Trinajstić information content (AvgIpc) is 3.07. The molecule has 26 heavy (non-hydrogen) atoms. The molecule has 0 atom stereocenters. The SMILES string of the molecule is Cc1ccc(Sc2ccc([N+](=O)[O-])cc2-c2nc3ccccc3[nH]2)cc1. The van der Waals surface area contributed by atoms with E-state index in [1.54, 1.807) is 23.9 Å². The van der Waals surface area contributed by atoms with Gasteiger partial charge in [0.05, 0.1) is 16.0 Å². The Kier molecular flexibility index (Phi) is 4.18. The van der Waals surface area contributed by atoms with E-state index in [-0.39, 0.29) is 10.6 Å². The Labute approximate surface area is 154 Å². The monoisotopic (exact) mass is 361 g/mol. The number of nitrogens with one attached hydrogen (secondary N) is 1. The first-order valence-corrected chi connectivity index (χ1v) is 8.90. The lowest BCUT2D eigenvalue weighted by atomic mass is 10.2. The second-order valence-corrected chi connectivity index (χ2v) is 7.07. The molecule has 0 aliphatic rings. The van der Waals surface area contributed by atoms with Gasteiger partial charge >= 0.3 is 0 Å². The molecular formula is C20H15N3O2S. The minimum absolute atomic E-state index is 0.0497. The van der Waals surface area contributed by atoms with Crippen molar-refractivity contribution in [3.05, 3.63) is 82.4 Å². The Bertz CT molecular complexity index is 1070. The van der Waals surface area contributed by atoms with Crippen molar-refractivity contribution in [1.29, 1.82) is 0 Å². The predicted molar refractivity (Wildman–Crippen MR) is 103 cm³/mol. The first kappa shape index (κ1) is 16.4. The fourth-order valence-corrected chi connectivity index (χ4v) is 3.65. The van der Waals surface area contributed by atoms with Gasteiger partial charge < -0.3 is 4.98 Å². The Morgan fingerprint density at radius 2 is 1.81 bits per heavy atom. The Morgan fingerprint density at radius 1 is 1.04 bits per heavy atom. The van der Waals surface area contributed by atoms with Gasteiger partial charge in [-0.3, -0.25) is 10.1 Å². The Hall–Kier alpha value is -3.12. The smallest absolute Gasteiger partial charge is 0.270 e. The van der Waals surface area contributed by atoms with Crippen LogP contribution in [0.4, 0.5) is 5.69 Å². The summed E-state index contributed by atoms with van der Waals surface area (Å²) in [5.41, 5.74) is 3.70. The highest BCUT2D eigenvalue weighted by molar-refractivity contribution is 7.99. The lowest BCUT2D eigenvalue weighted by Crippen LogP contribution is -1.91. The van der Waals surface area contributed by atoms with Crippen molar-refractivity contribution in [2.75, 3.05) is 0 Å². The van der Waals surface area contributed by atoms with Crippen LogP contribution in [0.2, 0.25) is 0 Å². The number of hydrogen-bond acceptors (Lipinski definition) is 4. The molecule has 0 unspecified atom stereocenters. The van der Waals surface area contributed by atoms with Gasteiger partial charge in [-0.05, 0) is 37.3 Å². The van der Waals surface area contributed by atoms with Gasteiger partial charge in [0.25, 0.3) is 5.69 Å². The molecule has 4 rings (SSSR count). The molecule has 0 aliphatic carbocycles. The maximum Gasteiger partial charge on any atom is 0.270 e. The van der Waals surface area contributed by atoms with Gasteiger partial charge in [-0.15, -0.1) is 0 Å². The van der Waals surface area contributed by atoms with Gasteiger partial charge in [0, 0.05) is 27.5 Å². The van der Waals surface area contributed by atoms with Crippen LogP contribution in [0.1, 0.15) is 5.56 Å². The lowest BCUT2D eigenvalue weighted by molar-refractivity contribution is -0.384. The number of hydrogen-bond donors (Lipinski definition) is 1. The number of non-ortho nitro benzene ring substituents is 1. The zero-order valence-electron chi connectivity index (χ0n) is 14.0. The maximum absolute atomic E-state index is 11.2. The summed E-state index contributed by atoms with van der Waals surface area (Å²) >= 11 is 1.57. The molecule has 6 heteroatoms. The zero-order chi connectivity index (χ0) is 18.1. The second kappa shape index (κ2) is 6.65. The molecule has 0 fully saturated rings. The molecule has 1 aromatic heterocycles. The predicted octanol–water partition coefficient (Wildman–Crippen LogP) is 5.60. The van der Waals surface area contributed by atoms with Crippen molar-refractivity contribution >= 4 is 28.5 Å². The molecule has 0 radical (unpaired) electrons. The number of nitrogens with zero attached hydrogens (tertiary/aromatic N) is 2. The van der Waals surface area contributed by atoms with Gasteiger partial charge in [0.1, 0.15) is 5.82 Å². The molecule has 5 nitrogen and oxygen atoms in total. The highest BCUT2D eigenvalue weighted by Gasteiger charge is 2.16. The first-order valence-electron chi connectivity index (χ1n) is 8.08. The molecule has 0 aliphatic heterocycles. The van der Waals surface area contributed by atoms with Gasteiger partial charge in [-0.25, -0.2) is 4.98 Å². The molecule has 128 valence electrons. The van der Waals surface area contributed by atoms with E-state index in [9.17, 15) is 10.1 Å². The fourth-order valence-electron chi connectivity index (χ4n) is 2.72. The van der Waals surface area contributed by atoms with Crippen LogP contribution >= 0.6 is 11.8 Å². The number of nitro benzene ring substituents is 1. The quantitative estimate of drug-likeness (QED) is 0.379. The number of H-pyrrole nitrogens is 1. The van der Waals surface area contributed by atoms with E-state index >= 15 is 0 Å². The lowest BCUT2D eigenvalue weighted by Gasteiger charge is -2.08. The summed E-state index contributed by atoms with van der Waals surface area (Å²) in [5.74, 6) is 0.629. The molecular weight excluding hydrogens is 346 g/mol. The third kappa shape index (κ3) is 3.19. The summed E-state index contributed by atoms with van der Waals surface area (Å²) < 4.78 is 0. The zero-order valence-corrected chi connectivity index (χ0v) is 14.8. The summed E-state index contributed by atoms with van der Waals surface area (Å²) in [4.78, 5) is 20.7. The average molecular weight is 361 g/mol. The van der Waals surface area contributed by atoms with Crippen LogP contribution in [0.25, 0.3) is 22.4 Å². The van der Waals surface area contributed by atoms with Crippen LogP contribution in [0, 0.1) is 17.0 Å². The largest absolute Gasteiger partial charge is 0.338 e. The van der Waals surface area contributed by atoms with Crippen LogP contribution in [0.5, 0.6) is 0 Å². The van der Waals surface area contributed by atoms with E-state index < -0.39 is 0 Å². The van der Waals surface area contributed by atoms with Crippen molar-refractivity contribution in [3.63, 3.8) is 0 Å². The first-order chi connectivity index (χ1) is 12.6. The third-order valence-electron chi connectivity index (χ3n) is 4.07. The standard InChI is InChI=1S/C20H15N3O2S/c1-13-6-9-15(10-7-13)26-19-11-8-14(23(24)25)12-16(19)20-21-17-4-2-3-5-18(17)22-20/h2-12H,1H3,(H,21,22). The number of nitro groups is 1. The topological polar surface area (TPSA) is 71.8 Å². The maximum atomic E-state index is 11.2. The van der Waals surface area contributed by atoms with E-state index in [0.29, 0.717) is 5.82 Å². The number of benzene rings is 3. The molecule has 3 aromatic carbocycles. The fraction of sp³-hybridized carbons (Fsp3) is 0.0500. The highest BCUT2D eigenvalue weighted by atomic mass is 32.2. The minimum Gasteiger partial charge on any atom is -0.338 e. The van der Waals surface area contributed by atoms with Crippen molar-refractivity contribution in [1.82, 2.24) is 9.97 Å². The summed E-state index contributed by atoms with van der Waals surface area (Å²) in [7, 11) is 0. The Morgan fingerprint density at radius 3 is 2.54 bits per heavy atom. The highest BCUT2D eigenvalue weighted by Crippen LogP contribution is 2.37. The number of imidazole rings is 1. The number of aryl methyl sites for hydroxylation is 1. The molecule has 0 bridgehead atoms. The van der Waals surface area contributed by atoms with E-state index in [1.165, 1.54) is 11.6 Å². The minimum atomic E-state index is -0.382. The van der Waals surface area contributed by atoms with E-state index in [0.717, 1.165) is 26.4 Å². The van der Waals surface area contributed by atoms with Gasteiger partial charge in [0.15, 0.2) is 0 Å². The molecule has 0 saturated heterocycles. The normalized spacial score (nSPS) is 11.0. The summed E-state index contributed by atoms with van der Waals surface area (Å²) in [5, 5.41) is 11.2. The van der Waals surface area contributed by atoms with Crippen LogP contribution in [-0.4, -0.2) is 14.9 Å². The molecule has 4 aromatic rings. The molecule has 0 saturated carbocycles. The van der Waals surface area contributed by atoms with Crippen LogP contribution in [0.15, 0.2) is 76.5 Å². The van der Waals surface area contributed by atoms with Crippen LogP contribution in [-0.2, 0) is 0 Å². The second-order valence-electron chi connectivity index (χ2n) is 5.96. The van der Waals surface area contributed by atoms with Gasteiger partial charge in [0.2, 0.25) is 0 Å². The van der Waals surface area contributed by atoms with E-state index in [1.807, 2.05) is 43.3 Å². The van der Waals surface area contributed by atoms with Crippen molar-refractivity contribution in [3.8, 4) is 11.4 Å². The van der Waals surface area contributed by atoms with Gasteiger partial charge in [-0.2, -0.15) is 0 Å². The van der Waals surface area contributed by atoms with Crippen molar-refractivity contribution in [2.45, 2.75) is 16.7 Å². The molecule has 0 amide bonds. The molecule has 1 heterocycles. The number of para-hydroxylation sites is 2. The van der Waals surface area contributed by atoms with Crippen molar-refractivity contribution in [2.24, 2.45) is 0 Å². The van der Waals surface area contributed by atoms with Gasteiger partial charge in [-0.1, -0.05) is 41.6 Å². The van der Waals surface area contributed by atoms with E-state index in [4.69, 9.17) is 0 Å². The third-order valence-corrected chi connectivity index (χ3v) is 5.15. The number of rotatable bonds is 4. The van der Waals surface area contributed by atoms with Crippen LogP contribution < -0.4 is 0 Å². The molecule has 0 spiro atoms. The van der Waals surface area contributed by atoms with Crippen molar-refractivity contribution < 1.29 is 4.92 Å². The number of aromatic nitrogens is 2. The van der Waals surface area contributed by atoms with E-state index in [2.05, 4.69) is 22.1 Å². The number of fused-ring (bicyclic) bond motifs is 1. The summed E-state index contributed by atoms with van der Waals surface area (Å²) in [6, 6.07) is 20.8. The van der Waals surface area contributed by atoms with Crippen LogP contribution in [0.3, 0.4) is 0 Å². The number of aromatic amines is 1.